The fraction of sp³-hybridized carbons (Fsp3) is 0.182. The molecule has 0 radical (unpaired) electrons. The Balaban J connectivity index is 2.87. The van der Waals surface area contributed by atoms with E-state index in [0.717, 1.165) is 6.07 Å². The Kier molecular flexibility index (Phi) is 2.26. The van der Waals surface area contributed by atoms with Gasteiger partial charge in [0.05, 0.1) is 5.56 Å². The fourth-order valence-corrected chi connectivity index (χ4v) is 1.68. The van der Waals surface area contributed by atoms with Crippen molar-refractivity contribution >= 4 is 16.6 Å². The van der Waals surface area contributed by atoms with Gasteiger partial charge in [-0.05, 0) is 24.4 Å². The van der Waals surface area contributed by atoms with Crippen LogP contribution in [-0.4, -0.2) is 4.98 Å². The molecular formula is C11H9F3N2. The number of nitrogen functional groups attached to an aromatic ring is 1. The van der Waals surface area contributed by atoms with Crippen molar-refractivity contribution in [2.24, 2.45) is 0 Å². The molecule has 1 heterocycles. The topological polar surface area (TPSA) is 38.9 Å². The van der Waals surface area contributed by atoms with Crippen LogP contribution in [0.2, 0.25) is 0 Å². The predicted molar refractivity (Wildman–Crippen MR) is 55.9 cm³/mol. The van der Waals surface area contributed by atoms with Crippen LogP contribution in [0.25, 0.3) is 10.8 Å². The average Bonchev–Trinajstić information content (AvgIpc) is 2.15. The SMILES string of the molecule is Cc1cc2c(C(F)(F)F)cccc2c(N)n1. The lowest BCUT2D eigenvalue weighted by atomic mass is 10.0. The zero-order valence-corrected chi connectivity index (χ0v) is 8.47. The minimum Gasteiger partial charge on any atom is -0.383 e. The van der Waals surface area contributed by atoms with E-state index in [9.17, 15) is 13.2 Å². The Bertz CT molecular complexity index is 547. The normalized spacial score (nSPS) is 12.0. The molecule has 2 aromatic rings. The molecule has 0 aliphatic carbocycles. The molecule has 0 bridgehead atoms. The van der Waals surface area contributed by atoms with Gasteiger partial charge in [0.1, 0.15) is 5.82 Å². The molecule has 2 rings (SSSR count). The summed E-state index contributed by atoms with van der Waals surface area (Å²) in [4.78, 5) is 3.94. The van der Waals surface area contributed by atoms with Crippen molar-refractivity contribution in [3.05, 3.63) is 35.5 Å². The van der Waals surface area contributed by atoms with Crippen molar-refractivity contribution in [3.63, 3.8) is 0 Å². The van der Waals surface area contributed by atoms with E-state index >= 15 is 0 Å². The summed E-state index contributed by atoms with van der Waals surface area (Å²) in [5, 5.41) is 0.431. The second kappa shape index (κ2) is 3.37. The molecule has 0 aliphatic rings. The number of aryl methyl sites for hydroxylation is 1. The van der Waals surface area contributed by atoms with E-state index in [1.165, 1.54) is 18.2 Å². The van der Waals surface area contributed by atoms with Gasteiger partial charge < -0.3 is 5.73 Å². The van der Waals surface area contributed by atoms with Gasteiger partial charge in [-0.2, -0.15) is 13.2 Å². The number of halogens is 3. The molecule has 0 saturated carbocycles. The number of nitrogens with two attached hydrogens (primary N) is 1. The highest BCUT2D eigenvalue weighted by atomic mass is 19.4. The van der Waals surface area contributed by atoms with Crippen LogP contribution in [0, 0.1) is 6.92 Å². The van der Waals surface area contributed by atoms with Crippen molar-refractivity contribution in [1.82, 2.24) is 4.98 Å². The highest BCUT2D eigenvalue weighted by molar-refractivity contribution is 5.93. The Morgan fingerprint density at radius 1 is 1.19 bits per heavy atom. The zero-order valence-electron chi connectivity index (χ0n) is 8.47. The highest BCUT2D eigenvalue weighted by Crippen LogP contribution is 2.35. The van der Waals surface area contributed by atoms with Crippen LogP contribution >= 0.6 is 0 Å². The minimum absolute atomic E-state index is 0.0972. The smallest absolute Gasteiger partial charge is 0.383 e. The summed E-state index contributed by atoms with van der Waals surface area (Å²) in [6.07, 6.45) is -4.38. The molecule has 5 heteroatoms. The molecule has 0 amide bonds. The molecule has 0 saturated heterocycles. The van der Waals surface area contributed by atoms with Gasteiger partial charge >= 0.3 is 6.18 Å². The number of alkyl halides is 3. The van der Waals surface area contributed by atoms with Crippen LogP contribution in [0.3, 0.4) is 0 Å². The highest BCUT2D eigenvalue weighted by Gasteiger charge is 2.32. The lowest BCUT2D eigenvalue weighted by Crippen LogP contribution is -2.06. The Hall–Kier alpha value is -1.78. The maximum atomic E-state index is 12.7. The standard InChI is InChI=1S/C11H9F3N2/c1-6-5-8-7(10(15)16-6)3-2-4-9(8)11(12,13)14/h2-5H,1H3,(H2,15,16). The Morgan fingerprint density at radius 3 is 2.50 bits per heavy atom. The number of pyridine rings is 1. The van der Waals surface area contributed by atoms with Crippen LogP contribution < -0.4 is 5.73 Å². The van der Waals surface area contributed by atoms with Gasteiger partial charge in [-0.25, -0.2) is 4.98 Å². The molecule has 2 nitrogen and oxygen atoms in total. The van der Waals surface area contributed by atoms with Gasteiger partial charge in [-0.3, -0.25) is 0 Å². The van der Waals surface area contributed by atoms with Crippen molar-refractivity contribution in [3.8, 4) is 0 Å². The fourth-order valence-electron chi connectivity index (χ4n) is 1.68. The van der Waals surface area contributed by atoms with Gasteiger partial charge in [0.2, 0.25) is 0 Å². The van der Waals surface area contributed by atoms with Crippen LogP contribution in [0.4, 0.5) is 19.0 Å². The maximum absolute atomic E-state index is 12.7. The second-order valence-corrected chi connectivity index (χ2v) is 3.55. The second-order valence-electron chi connectivity index (χ2n) is 3.55. The summed E-state index contributed by atoms with van der Waals surface area (Å²) >= 11 is 0. The van der Waals surface area contributed by atoms with Crippen LogP contribution in [0.15, 0.2) is 24.3 Å². The van der Waals surface area contributed by atoms with Gasteiger partial charge in [0.15, 0.2) is 0 Å². The number of aromatic nitrogens is 1. The lowest BCUT2D eigenvalue weighted by molar-refractivity contribution is -0.136. The number of hydrogen-bond donors (Lipinski definition) is 1. The van der Waals surface area contributed by atoms with Gasteiger partial charge in [0.25, 0.3) is 0 Å². The molecule has 0 atom stereocenters. The van der Waals surface area contributed by atoms with E-state index in [1.807, 2.05) is 0 Å². The molecule has 84 valence electrons. The van der Waals surface area contributed by atoms with Crippen molar-refractivity contribution in [1.29, 1.82) is 0 Å². The van der Waals surface area contributed by atoms with Gasteiger partial charge in [-0.1, -0.05) is 12.1 Å². The summed E-state index contributed by atoms with van der Waals surface area (Å²) in [5.41, 5.74) is 5.39. The van der Waals surface area contributed by atoms with Crippen LogP contribution in [-0.2, 0) is 6.18 Å². The number of benzene rings is 1. The molecule has 16 heavy (non-hydrogen) atoms. The molecule has 0 unspecified atom stereocenters. The molecule has 0 spiro atoms. The first kappa shape index (κ1) is 10.7. The van der Waals surface area contributed by atoms with Crippen molar-refractivity contribution < 1.29 is 13.2 Å². The first-order valence-corrected chi connectivity index (χ1v) is 4.62. The largest absolute Gasteiger partial charge is 0.417 e. The summed E-state index contributed by atoms with van der Waals surface area (Å²) in [7, 11) is 0. The van der Waals surface area contributed by atoms with Gasteiger partial charge in [0, 0.05) is 11.1 Å². The van der Waals surface area contributed by atoms with Crippen LogP contribution in [0.1, 0.15) is 11.3 Å². The van der Waals surface area contributed by atoms with Crippen molar-refractivity contribution in [2.75, 3.05) is 5.73 Å². The van der Waals surface area contributed by atoms with E-state index in [1.54, 1.807) is 6.92 Å². The quantitative estimate of drug-likeness (QED) is 0.749. The molecule has 0 fully saturated rings. The maximum Gasteiger partial charge on any atom is 0.417 e. The number of fused-ring (bicyclic) bond motifs is 1. The first-order valence-electron chi connectivity index (χ1n) is 4.62. The number of anilines is 1. The van der Waals surface area contributed by atoms with Crippen LogP contribution in [0.5, 0.6) is 0 Å². The molecule has 2 N–H and O–H groups in total. The first-order chi connectivity index (χ1) is 7.39. The Labute approximate surface area is 89.9 Å². The number of hydrogen-bond acceptors (Lipinski definition) is 2. The third-order valence-corrected chi connectivity index (χ3v) is 2.34. The van der Waals surface area contributed by atoms with E-state index in [0.29, 0.717) is 11.1 Å². The van der Waals surface area contributed by atoms with Gasteiger partial charge in [-0.15, -0.1) is 0 Å². The number of nitrogens with zero attached hydrogens (tertiary/aromatic N) is 1. The summed E-state index contributed by atoms with van der Waals surface area (Å²) in [5.74, 6) is 0.126. The monoisotopic (exact) mass is 226 g/mol. The molecule has 0 aliphatic heterocycles. The van der Waals surface area contributed by atoms with Crippen molar-refractivity contribution in [2.45, 2.75) is 13.1 Å². The van der Waals surface area contributed by atoms with E-state index < -0.39 is 11.7 Å². The van der Waals surface area contributed by atoms with E-state index in [2.05, 4.69) is 4.98 Å². The van der Waals surface area contributed by atoms with E-state index in [4.69, 9.17) is 5.73 Å². The predicted octanol–water partition coefficient (Wildman–Crippen LogP) is 3.14. The Morgan fingerprint density at radius 2 is 1.88 bits per heavy atom. The number of rotatable bonds is 0. The summed E-state index contributed by atoms with van der Waals surface area (Å²) < 4.78 is 38.2. The molecular weight excluding hydrogens is 217 g/mol. The third-order valence-electron chi connectivity index (χ3n) is 2.34. The molecule has 1 aromatic heterocycles. The lowest BCUT2D eigenvalue weighted by Gasteiger charge is -2.11. The third kappa shape index (κ3) is 1.68. The summed E-state index contributed by atoms with van der Waals surface area (Å²) in [6.45, 7) is 1.61. The zero-order chi connectivity index (χ0) is 11.9. The average molecular weight is 226 g/mol. The summed E-state index contributed by atoms with van der Waals surface area (Å²) in [6, 6.07) is 5.31. The molecule has 1 aromatic carbocycles. The van der Waals surface area contributed by atoms with E-state index in [-0.39, 0.29) is 11.2 Å². The minimum atomic E-state index is -4.38.